The first-order valence-electron chi connectivity index (χ1n) is 4.74. The highest BCUT2D eigenvalue weighted by atomic mass is 16.3. The van der Waals surface area contributed by atoms with Gasteiger partial charge in [-0.3, -0.25) is 9.59 Å². The van der Waals surface area contributed by atoms with Gasteiger partial charge in [0.25, 0.3) is 0 Å². The van der Waals surface area contributed by atoms with E-state index in [0.717, 1.165) is 12.2 Å². The maximum absolute atomic E-state index is 11.6. The Morgan fingerprint density at radius 2 is 1.81 bits per heavy atom. The zero-order valence-corrected chi connectivity index (χ0v) is 8.31. The van der Waals surface area contributed by atoms with Crippen molar-refractivity contribution in [2.24, 2.45) is 0 Å². The number of nitrogens with one attached hydrogen (secondary N) is 1. The summed E-state index contributed by atoms with van der Waals surface area (Å²) in [7, 11) is 0. The molecule has 1 aliphatic rings. The standard InChI is InChI=1S/C12H9NO3/c13-12-10(16)6-5-9(15)11(12)7-3-1-2-4-8(7)14/h1-6,11,13-14H. The summed E-state index contributed by atoms with van der Waals surface area (Å²) in [6.45, 7) is 0. The molecular formula is C12H9NO3. The normalized spacial score (nSPS) is 20.2. The third kappa shape index (κ3) is 1.54. The number of hydrogen-bond donors (Lipinski definition) is 2. The smallest absolute Gasteiger partial charge is 0.200 e. The Balaban J connectivity index is 2.52. The molecule has 1 aromatic rings. The molecule has 0 fully saturated rings. The van der Waals surface area contributed by atoms with Gasteiger partial charge in [-0.05, 0) is 18.2 Å². The SMILES string of the molecule is N=C1C(=O)C=CC(=O)C1c1ccccc1O. The topological polar surface area (TPSA) is 78.2 Å². The lowest BCUT2D eigenvalue weighted by Gasteiger charge is -2.18. The molecule has 1 aromatic carbocycles. The van der Waals surface area contributed by atoms with Crippen molar-refractivity contribution in [2.45, 2.75) is 5.92 Å². The second kappa shape index (κ2) is 3.73. The van der Waals surface area contributed by atoms with Gasteiger partial charge in [0.1, 0.15) is 5.75 Å². The van der Waals surface area contributed by atoms with Crippen LogP contribution in [0.25, 0.3) is 0 Å². The molecule has 0 radical (unpaired) electrons. The van der Waals surface area contributed by atoms with E-state index in [-0.39, 0.29) is 17.2 Å². The zero-order valence-electron chi connectivity index (χ0n) is 8.31. The molecular weight excluding hydrogens is 206 g/mol. The first-order valence-corrected chi connectivity index (χ1v) is 4.74. The average Bonchev–Trinajstić information content (AvgIpc) is 2.27. The second-order valence-electron chi connectivity index (χ2n) is 3.51. The minimum Gasteiger partial charge on any atom is -0.508 e. The number of rotatable bonds is 1. The Hall–Kier alpha value is -2.23. The summed E-state index contributed by atoms with van der Waals surface area (Å²) in [5.74, 6) is -1.90. The van der Waals surface area contributed by atoms with Crippen LogP contribution in [0.2, 0.25) is 0 Å². The quantitative estimate of drug-likeness (QED) is 0.738. The lowest BCUT2D eigenvalue weighted by atomic mass is 9.84. The summed E-state index contributed by atoms with van der Waals surface area (Å²) in [5, 5.41) is 17.2. The van der Waals surface area contributed by atoms with Crippen LogP contribution < -0.4 is 0 Å². The van der Waals surface area contributed by atoms with E-state index in [1.807, 2.05) is 0 Å². The molecule has 0 heterocycles. The van der Waals surface area contributed by atoms with Crippen molar-refractivity contribution in [3.8, 4) is 5.75 Å². The number of carbonyl (C=O) groups is 2. The number of phenols is 1. The molecule has 4 heteroatoms. The van der Waals surface area contributed by atoms with E-state index in [2.05, 4.69) is 0 Å². The van der Waals surface area contributed by atoms with E-state index < -0.39 is 11.7 Å². The Labute approximate surface area is 91.7 Å². The highest BCUT2D eigenvalue weighted by molar-refractivity contribution is 6.51. The van der Waals surface area contributed by atoms with Crippen LogP contribution in [0.1, 0.15) is 11.5 Å². The molecule has 0 aliphatic heterocycles. The van der Waals surface area contributed by atoms with Gasteiger partial charge in [-0.2, -0.15) is 0 Å². The molecule has 16 heavy (non-hydrogen) atoms. The largest absolute Gasteiger partial charge is 0.508 e. The number of hydrogen-bond acceptors (Lipinski definition) is 4. The molecule has 1 unspecified atom stereocenters. The van der Waals surface area contributed by atoms with Crippen LogP contribution in [0.15, 0.2) is 36.4 Å². The molecule has 0 bridgehead atoms. The number of benzene rings is 1. The predicted molar refractivity (Wildman–Crippen MR) is 57.7 cm³/mol. The Bertz CT molecular complexity index is 517. The van der Waals surface area contributed by atoms with E-state index in [1.54, 1.807) is 18.2 Å². The van der Waals surface area contributed by atoms with E-state index in [4.69, 9.17) is 5.41 Å². The van der Waals surface area contributed by atoms with Gasteiger partial charge in [0.2, 0.25) is 5.78 Å². The Morgan fingerprint density at radius 1 is 1.12 bits per heavy atom. The maximum Gasteiger partial charge on any atom is 0.200 e. The van der Waals surface area contributed by atoms with Crippen molar-refractivity contribution in [3.05, 3.63) is 42.0 Å². The number of phenolic OH excluding ortho intramolecular Hbond substituents is 1. The zero-order chi connectivity index (χ0) is 11.7. The molecule has 1 atom stereocenters. The van der Waals surface area contributed by atoms with Crippen LogP contribution >= 0.6 is 0 Å². The van der Waals surface area contributed by atoms with E-state index >= 15 is 0 Å². The summed E-state index contributed by atoms with van der Waals surface area (Å²) in [4.78, 5) is 22.9. The molecule has 0 saturated heterocycles. The second-order valence-corrected chi connectivity index (χ2v) is 3.51. The highest BCUT2D eigenvalue weighted by Crippen LogP contribution is 2.29. The van der Waals surface area contributed by atoms with E-state index in [0.29, 0.717) is 5.56 Å². The molecule has 1 aliphatic carbocycles. The average molecular weight is 215 g/mol. The summed E-state index contributed by atoms with van der Waals surface area (Å²) < 4.78 is 0. The van der Waals surface area contributed by atoms with Gasteiger partial charge >= 0.3 is 0 Å². The minimum absolute atomic E-state index is 0.0753. The Morgan fingerprint density at radius 3 is 2.50 bits per heavy atom. The number of aromatic hydroxyl groups is 1. The van der Waals surface area contributed by atoms with Gasteiger partial charge < -0.3 is 10.5 Å². The Kier molecular flexibility index (Phi) is 2.40. The van der Waals surface area contributed by atoms with Crippen molar-refractivity contribution >= 4 is 17.3 Å². The van der Waals surface area contributed by atoms with E-state index in [1.165, 1.54) is 6.07 Å². The number of ketones is 2. The van der Waals surface area contributed by atoms with Crippen molar-refractivity contribution < 1.29 is 14.7 Å². The van der Waals surface area contributed by atoms with Gasteiger partial charge in [0.05, 0.1) is 11.6 Å². The maximum atomic E-state index is 11.6. The summed E-state index contributed by atoms with van der Waals surface area (Å²) >= 11 is 0. The lowest BCUT2D eigenvalue weighted by Crippen LogP contribution is -2.29. The predicted octanol–water partition coefficient (Wildman–Crippen LogP) is 1.20. The summed E-state index contributed by atoms with van der Waals surface area (Å²) in [6.07, 6.45) is 2.23. The molecule has 2 N–H and O–H groups in total. The molecule has 2 rings (SSSR count). The minimum atomic E-state index is -0.973. The number of carbonyl (C=O) groups excluding carboxylic acids is 2. The fourth-order valence-corrected chi connectivity index (χ4v) is 1.67. The monoisotopic (exact) mass is 215 g/mol. The lowest BCUT2D eigenvalue weighted by molar-refractivity contribution is -0.117. The third-order valence-corrected chi connectivity index (χ3v) is 2.49. The van der Waals surface area contributed by atoms with Crippen LogP contribution in [0.5, 0.6) is 5.75 Å². The molecule has 4 nitrogen and oxygen atoms in total. The van der Waals surface area contributed by atoms with Crippen molar-refractivity contribution in [1.29, 1.82) is 5.41 Å². The van der Waals surface area contributed by atoms with Crippen LogP contribution in [-0.4, -0.2) is 22.4 Å². The fraction of sp³-hybridized carbons (Fsp3) is 0.0833. The van der Waals surface area contributed by atoms with Crippen LogP contribution in [-0.2, 0) is 9.59 Å². The van der Waals surface area contributed by atoms with Crippen molar-refractivity contribution in [2.75, 3.05) is 0 Å². The van der Waals surface area contributed by atoms with Crippen molar-refractivity contribution in [3.63, 3.8) is 0 Å². The first kappa shape index (κ1) is 10.3. The van der Waals surface area contributed by atoms with E-state index in [9.17, 15) is 14.7 Å². The molecule has 0 saturated carbocycles. The molecule has 0 spiro atoms. The fourth-order valence-electron chi connectivity index (χ4n) is 1.67. The molecule has 0 aromatic heterocycles. The first-order chi connectivity index (χ1) is 7.61. The van der Waals surface area contributed by atoms with Gasteiger partial charge in [0, 0.05) is 5.56 Å². The van der Waals surface area contributed by atoms with Gasteiger partial charge in [-0.25, -0.2) is 0 Å². The van der Waals surface area contributed by atoms with Crippen LogP contribution in [0.3, 0.4) is 0 Å². The van der Waals surface area contributed by atoms with Gasteiger partial charge in [0.15, 0.2) is 5.78 Å². The van der Waals surface area contributed by atoms with Crippen LogP contribution in [0.4, 0.5) is 0 Å². The van der Waals surface area contributed by atoms with Gasteiger partial charge in [-0.15, -0.1) is 0 Å². The van der Waals surface area contributed by atoms with Crippen LogP contribution in [0, 0.1) is 5.41 Å². The molecule has 80 valence electrons. The summed E-state index contributed by atoms with van der Waals surface area (Å²) in [5.41, 5.74) is 0.00389. The number of allylic oxidation sites excluding steroid dienone is 2. The van der Waals surface area contributed by atoms with Gasteiger partial charge in [-0.1, -0.05) is 18.2 Å². The highest BCUT2D eigenvalue weighted by Gasteiger charge is 2.32. The number of para-hydroxylation sites is 1. The molecule has 0 amide bonds. The summed E-state index contributed by atoms with van der Waals surface area (Å²) in [6, 6.07) is 6.24. The third-order valence-electron chi connectivity index (χ3n) is 2.49. The van der Waals surface area contributed by atoms with Crippen molar-refractivity contribution in [1.82, 2.24) is 0 Å².